The number of nitrogens with two attached hydrogens (primary N) is 1. The van der Waals surface area contributed by atoms with E-state index in [9.17, 15) is 4.79 Å². The Labute approximate surface area is 151 Å². The molecule has 5 rings (SSSR count). The molecule has 0 spiro atoms. The maximum atomic E-state index is 12.7. The highest BCUT2D eigenvalue weighted by molar-refractivity contribution is 7.15. The molecule has 1 aromatic heterocycles. The van der Waals surface area contributed by atoms with Gasteiger partial charge in [-0.2, -0.15) is 0 Å². The van der Waals surface area contributed by atoms with Crippen molar-refractivity contribution in [1.29, 1.82) is 0 Å². The van der Waals surface area contributed by atoms with Crippen LogP contribution < -0.4 is 15.8 Å². The molecular formula is C19H23N3O2S. The van der Waals surface area contributed by atoms with Crippen LogP contribution in [0.2, 0.25) is 0 Å². The Bertz CT molecular complexity index is 766. The number of nitrogen functional groups attached to an aromatic ring is 1. The van der Waals surface area contributed by atoms with Crippen molar-refractivity contribution in [3.63, 3.8) is 0 Å². The Morgan fingerprint density at radius 3 is 2.80 bits per heavy atom. The highest BCUT2D eigenvalue weighted by Gasteiger charge is 2.40. The van der Waals surface area contributed by atoms with E-state index in [0.29, 0.717) is 33.3 Å². The zero-order valence-electron chi connectivity index (χ0n) is 14.3. The van der Waals surface area contributed by atoms with Gasteiger partial charge >= 0.3 is 0 Å². The summed E-state index contributed by atoms with van der Waals surface area (Å²) in [7, 11) is 0. The number of ether oxygens (including phenoxy) is 1. The fraction of sp³-hybridized carbons (Fsp3) is 0.421. The van der Waals surface area contributed by atoms with E-state index < -0.39 is 0 Å². The Balaban J connectivity index is 1.42. The molecule has 3 aliphatic heterocycles. The van der Waals surface area contributed by atoms with E-state index in [4.69, 9.17) is 10.5 Å². The van der Waals surface area contributed by atoms with E-state index in [2.05, 4.69) is 17.1 Å². The van der Waals surface area contributed by atoms with Crippen molar-refractivity contribution in [1.82, 2.24) is 10.2 Å². The third-order valence-electron chi connectivity index (χ3n) is 5.36. The topological polar surface area (TPSA) is 67.6 Å². The van der Waals surface area contributed by atoms with Crippen molar-refractivity contribution in [2.75, 3.05) is 18.8 Å². The van der Waals surface area contributed by atoms with Crippen molar-refractivity contribution >= 4 is 22.9 Å². The third kappa shape index (κ3) is 3.37. The lowest BCUT2D eigenvalue weighted by Crippen LogP contribution is -2.62. The number of nitrogens with one attached hydrogen (secondary N) is 1. The number of anilines is 1. The van der Waals surface area contributed by atoms with Crippen molar-refractivity contribution in [3.8, 4) is 10.8 Å². The monoisotopic (exact) mass is 357 g/mol. The molecule has 2 atom stereocenters. The summed E-state index contributed by atoms with van der Waals surface area (Å²) in [6.45, 7) is 4.55. The lowest BCUT2D eigenvalue weighted by atomic mass is 9.79. The molecular weight excluding hydrogens is 334 g/mol. The first-order valence-corrected chi connectivity index (χ1v) is 9.60. The largest absolute Gasteiger partial charge is 0.447 e. The first kappa shape index (κ1) is 16.4. The normalized spacial score (nSPS) is 27.9. The van der Waals surface area contributed by atoms with Gasteiger partial charge in [-0.25, -0.2) is 0 Å². The molecule has 3 fully saturated rings. The molecule has 0 unspecified atom stereocenters. The number of rotatable bonds is 4. The minimum atomic E-state index is -0.00183. The Kier molecular flexibility index (Phi) is 4.39. The van der Waals surface area contributed by atoms with Crippen LogP contribution in [0.5, 0.6) is 10.8 Å². The van der Waals surface area contributed by atoms with Gasteiger partial charge in [0.25, 0.3) is 5.91 Å². The first-order chi connectivity index (χ1) is 12.1. The van der Waals surface area contributed by atoms with Crippen LogP contribution in [0.25, 0.3) is 0 Å². The molecule has 25 heavy (non-hydrogen) atoms. The van der Waals surface area contributed by atoms with E-state index in [0.717, 1.165) is 13.1 Å². The molecule has 3 N–H and O–H groups in total. The number of amides is 1. The molecule has 132 valence electrons. The van der Waals surface area contributed by atoms with Gasteiger partial charge in [-0.15, -0.1) is 0 Å². The summed E-state index contributed by atoms with van der Waals surface area (Å²) in [4.78, 5) is 15.8. The molecule has 2 bridgehead atoms. The Morgan fingerprint density at radius 1 is 1.28 bits per heavy atom. The van der Waals surface area contributed by atoms with Crippen LogP contribution in [0.4, 0.5) is 5.69 Å². The van der Waals surface area contributed by atoms with Crippen LogP contribution in [0, 0.1) is 5.92 Å². The molecule has 0 saturated carbocycles. The number of hydrogen-bond donors (Lipinski definition) is 2. The number of thiophene rings is 1. The van der Waals surface area contributed by atoms with E-state index in [1.54, 1.807) is 6.07 Å². The second-order valence-corrected chi connectivity index (χ2v) is 7.95. The Hall–Kier alpha value is -2.05. The van der Waals surface area contributed by atoms with E-state index in [1.165, 1.54) is 24.2 Å². The van der Waals surface area contributed by atoms with E-state index >= 15 is 0 Å². The van der Waals surface area contributed by atoms with Crippen LogP contribution in [0.1, 0.15) is 29.4 Å². The number of fused-ring (bicyclic) bond motifs is 3. The molecule has 1 aromatic carbocycles. The minimum Gasteiger partial charge on any atom is -0.447 e. The van der Waals surface area contributed by atoms with Gasteiger partial charge in [-0.1, -0.05) is 17.4 Å². The lowest BCUT2D eigenvalue weighted by Gasteiger charge is -2.49. The summed E-state index contributed by atoms with van der Waals surface area (Å²) in [6, 6.07) is 11.6. The van der Waals surface area contributed by atoms with E-state index in [1.807, 2.05) is 30.3 Å². The number of nitrogens with zero attached hydrogens (tertiary/aromatic N) is 1. The van der Waals surface area contributed by atoms with Gasteiger partial charge in [0.2, 0.25) is 0 Å². The maximum Gasteiger partial charge on any atom is 0.261 e. The summed E-state index contributed by atoms with van der Waals surface area (Å²) in [5.41, 5.74) is 6.42. The summed E-state index contributed by atoms with van der Waals surface area (Å²) in [5, 5.41) is 3.95. The number of carbonyl (C=O) groups excluding carboxylic acids is 1. The average molecular weight is 357 g/mol. The molecule has 3 saturated heterocycles. The number of carbonyl (C=O) groups is 1. The van der Waals surface area contributed by atoms with Crippen molar-refractivity contribution < 1.29 is 9.53 Å². The minimum absolute atomic E-state index is 0.00183. The predicted octanol–water partition coefficient (Wildman–Crippen LogP) is 3.34. The predicted molar refractivity (Wildman–Crippen MR) is 100 cm³/mol. The number of benzene rings is 1. The lowest BCUT2D eigenvalue weighted by molar-refractivity contribution is 0.0218. The van der Waals surface area contributed by atoms with Gasteiger partial charge in [-0.05, 0) is 63.0 Å². The van der Waals surface area contributed by atoms with Crippen molar-refractivity contribution in [2.45, 2.75) is 31.8 Å². The molecule has 1 amide bonds. The molecule has 5 nitrogen and oxygen atoms in total. The smallest absolute Gasteiger partial charge is 0.261 e. The van der Waals surface area contributed by atoms with Gasteiger partial charge in [0.05, 0.1) is 4.88 Å². The molecule has 2 aromatic rings. The highest BCUT2D eigenvalue weighted by Crippen LogP contribution is 2.33. The van der Waals surface area contributed by atoms with Crippen molar-refractivity contribution in [3.05, 3.63) is 41.3 Å². The van der Waals surface area contributed by atoms with Crippen LogP contribution in [-0.2, 0) is 0 Å². The Morgan fingerprint density at radius 2 is 2.08 bits per heavy atom. The fourth-order valence-corrected chi connectivity index (χ4v) is 4.74. The summed E-state index contributed by atoms with van der Waals surface area (Å²) >= 11 is 1.36. The van der Waals surface area contributed by atoms with Crippen LogP contribution in [-0.4, -0.2) is 36.0 Å². The molecule has 0 radical (unpaired) electrons. The molecule has 4 heterocycles. The fourth-order valence-electron chi connectivity index (χ4n) is 3.96. The first-order valence-electron chi connectivity index (χ1n) is 8.78. The van der Waals surface area contributed by atoms with Gasteiger partial charge in [-0.3, -0.25) is 9.69 Å². The summed E-state index contributed by atoms with van der Waals surface area (Å²) in [6.07, 6.45) is 2.37. The zero-order valence-corrected chi connectivity index (χ0v) is 15.1. The van der Waals surface area contributed by atoms with Crippen LogP contribution in [0.15, 0.2) is 36.4 Å². The molecule has 0 aliphatic carbocycles. The average Bonchev–Trinajstić information content (AvgIpc) is 3.07. The van der Waals surface area contributed by atoms with Gasteiger partial charge in [0.15, 0.2) is 5.06 Å². The number of piperidine rings is 3. The van der Waals surface area contributed by atoms with Gasteiger partial charge in [0, 0.05) is 23.8 Å². The summed E-state index contributed by atoms with van der Waals surface area (Å²) < 4.78 is 5.80. The number of hydrogen-bond acceptors (Lipinski definition) is 5. The van der Waals surface area contributed by atoms with Crippen LogP contribution in [0.3, 0.4) is 0 Å². The molecule has 6 heteroatoms. The third-order valence-corrected chi connectivity index (χ3v) is 6.32. The summed E-state index contributed by atoms with van der Waals surface area (Å²) in [5.74, 6) is 1.28. The van der Waals surface area contributed by atoms with E-state index in [-0.39, 0.29) is 11.9 Å². The quantitative estimate of drug-likeness (QED) is 0.824. The SMILES string of the molecule is C[C@@H]1[C@H](NC(=O)c2ccc(Oc3cccc(N)c3)s2)C2CCN1CC2. The van der Waals surface area contributed by atoms with Crippen LogP contribution >= 0.6 is 11.3 Å². The highest BCUT2D eigenvalue weighted by atomic mass is 32.1. The maximum absolute atomic E-state index is 12.7. The van der Waals surface area contributed by atoms with Gasteiger partial charge < -0.3 is 15.8 Å². The van der Waals surface area contributed by atoms with Gasteiger partial charge in [0.1, 0.15) is 5.75 Å². The second-order valence-electron chi connectivity index (χ2n) is 6.91. The standard InChI is InChI=1S/C19H23N3O2S/c1-12-18(13-7-9-22(12)10-8-13)21-19(23)16-5-6-17(25-16)24-15-4-2-3-14(20)11-15/h2-6,11-13,18H,7-10,20H2,1H3,(H,21,23)/t12-,18+/m1/s1. The molecule has 3 aliphatic rings. The van der Waals surface area contributed by atoms with Crippen molar-refractivity contribution in [2.24, 2.45) is 5.92 Å². The zero-order chi connectivity index (χ0) is 17.4. The second kappa shape index (κ2) is 6.69.